The van der Waals surface area contributed by atoms with Gasteiger partial charge in [-0.3, -0.25) is 0 Å². The molecule has 5 aromatic rings. The number of rotatable bonds is 5. The first-order chi connectivity index (χ1) is 15.2. The Morgan fingerprint density at radius 3 is 2.35 bits per heavy atom. The molecule has 0 unspecified atom stereocenters. The van der Waals surface area contributed by atoms with Gasteiger partial charge in [-0.25, -0.2) is 14.4 Å². The van der Waals surface area contributed by atoms with Crippen molar-refractivity contribution in [1.29, 1.82) is 0 Å². The summed E-state index contributed by atoms with van der Waals surface area (Å²) in [6, 6.07) is 24.8. The molecule has 0 aliphatic carbocycles. The highest BCUT2D eigenvalue weighted by Crippen LogP contribution is 2.35. The van der Waals surface area contributed by atoms with Gasteiger partial charge < -0.3 is 9.88 Å². The third-order valence-corrected chi connectivity index (χ3v) is 5.67. The van der Waals surface area contributed by atoms with Crippen LogP contribution in [0.15, 0.2) is 95.9 Å². The summed E-state index contributed by atoms with van der Waals surface area (Å²) in [6.45, 7) is 0.532. The van der Waals surface area contributed by atoms with E-state index >= 15 is 0 Å². The van der Waals surface area contributed by atoms with Crippen LogP contribution in [-0.2, 0) is 6.54 Å². The van der Waals surface area contributed by atoms with E-state index in [9.17, 15) is 4.39 Å². The van der Waals surface area contributed by atoms with Gasteiger partial charge in [0.05, 0.1) is 5.39 Å². The third kappa shape index (κ3) is 3.94. The van der Waals surface area contributed by atoms with Crippen molar-refractivity contribution in [3.63, 3.8) is 0 Å². The van der Waals surface area contributed by atoms with Gasteiger partial charge in [-0.2, -0.15) is 0 Å². The normalized spacial score (nSPS) is 11.0. The fourth-order valence-electron chi connectivity index (χ4n) is 3.62. The fraction of sp³-hybridized carbons (Fsp3) is 0.0400. The SMILES string of the molecule is Fc1ccc(CNc2ncnc3c2c(-c2ccccc2)cn3-c2ccc(Br)cc2)cc1. The van der Waals surface area contributed by atoms with E-state index < -0.39 is 0 Å². The van der Waals surface area contributed by atoms with E-state index in [2.05, 4.69) is 54.1 Å². The highest BCUT2D eigenvalue weighted by atomic mass is 79.9. The first-order valence-electron chi connectivity index (χ1n) is 9.85. The van der Waals surface area contributed by atoms with E-state index in [1.54, 1.807) is 18.5 Å². The molecule has 0 bridgehead atoms. The minimum absolute atomic E-state index is 0.244. The summed E-state index contributed by atoms with van der Waals surface area (Å²) in [5.41, 5.74) is 4.93. The van der Waals surface area contributed by atoms with E-state index in [1.165, 1.54) is 12.1 Å². The number of halogens is 2. The van der Waals surface area contributed by atoms with Crippen LogP contribution in [0.25, 0.3) is 27.8 Å². The summed E-state index contributed by atoms with van der Waals surface area (Å²) in [5.74, 6) is 0.496. The molecular formula is C25H18BrFN4. The summed E-state index contributed by atoms with van der Waals surface area (Å²) in [4.78, 5) is 9.13. The molecule has 0 atom stereocenters. The Labute approximate surface area is 187 Å². The van der Waals surface area contributed by atoms with E-state index in [1.807, 2.05) is 42.5 Å². The van der Waals surface area contributed by atoms with Crippen molar-refractivity contribution in [1.82, 2.24) is 14.5 Å². The molecule has 3 aromatic carbocycles. The van der Waals surface area contributed by atoms with Crippen LogP contribution in [0.2, 0.25) is 0 Å². The predicted octanol–water partition coefficient (Wildman–Crippen LogP) is 6.60. The number of nitrogens with one attached hydrogen (secondary N) is 1. The van der Waals surface area contributed by atoms with E-state index in [0.29, 0.717) is 6.54 Å². The van der Waals surface area contributed by atoms with Gasteiger partial charge in [0.25, 0.3) is 0 Å². The summed E-state index contributed by atoms with van der Waals surface area (Å²) in [7, 11) is 0. The predicted molar refractivity (Wildman–Crippen MR) is 126 cm³/mol. The van der Waals surface area contributed by atoms with Crippen LogP contribution in [0.3, 0.4) is 0 Å². The number of aromatic nitrogens is 3. The molecule has 0 aliphatic heterocycles. The maximum Gasteiger partial charge on any atom is 0.150 e. The fourth-order valence-corrected chi connectivity index (χ4v) is 3.88. The van der Waals surface area contributed by atoms with Crippen molar-refractivity contribution in [2.75, 3.05) is 5.32 Å². The van der Waals surface area contributed by atoms with Crippen LogP contribution in [0.1, 0.15) is 5.56 Å². The molecule has 0 spiro atoms. The van der Waals surface area contributed by atoms with Crippen LogP contribution in [0.4, 0.5) is 10.2 Å². The van der Waals surface area contributed by atoms with Gasteiger partial charge in [0.15, 0.2) is 5.65 Å². The maximum atomic E-state index is 13.2. The molecule has 2 aromatic heterocycles. The van der Waals surface area contributed by atoms with Gasteiger partial charge in [-0.1, -0.05) is 58.4 Å². The Kier molecular flexibility index (Phi) is 5.22. The molecule has 152 valence electrons. The molecule has 5 rings (SSSR count). The molecule has 0 amide bonds. The van der Waals surface area contributed by atoms with Crippen molar-refractivity contribution in [3.05, 3.63) is 107 Å². The smallest absolute Gasteiger partial charge is 0.150 e. The lowest BCUT2D eigenvalue weighted by Crippen LogP contribution is -2.03. The van der Waals surface area contributed by atoms with Gasteiger partial charge in [-0.15, -0.1) is 0 Å². The lowest BCUT2D eigenvalue weighted by Gasteiger charge is -2.09. The monoisotopic (exact) mass is 472 g/mol. The van der Waals surface area contributed by atoms with Gasteiger partial charge in [-0.05, 0) is 47.5 Å². The van der Waals surface area contributed by atoms with Crippen molar-refractivity contribution < 1.29 is 4.39 Å². The Morgan fingerprint density at radius 1 is 0.871 bits per heavy atom. The molecule has 0 radical (unpaired) electrons. The summed E-state index contributed by atoms with van der Waals surface area (Å²) < 4.78 is 16.3. The maximum absolute atomic E-state index is 13.2. The van der Waals surface area contributed by atoms with Crippen LogP contribution < -0.4 is 5.32 Å². The lowest BCUT2D eigenvalue weighted by molar-refractivity contribution is 0.627. The lowest BCUT2D eigenvalue weighted by atomic mass is 10.1. The second-order valence-corrected chi connectivity index (χ2v) is 8.07. The molecule has 4 nitrogen and oxygen atoms in total. The van der Waals surface area contributed by atoms with E-state index in [4.69, 9.17) is 0 Å². The second-order valence-electron chi connectivity index (χ2n) is 7.16. The third-order valence-electron chi connectivity index (χ3n) is 5.15. The minimum atomic E-state index is -0.244. The molecule has 0 aliphatic rings. The zero-order chi connectivity index (χ0) is 21.2. The number of fused-ring (bicyclic) bond motifs is 1. The van der Waals surface area contributed by atoms with Crippen LogP contribution in [0, 0.1) is 5.82 Å². The van der Waals surface area contributed by atoms with Crippen LogP contribution in [0.5, 0.6) is 0 Å². The van der Waals surface area contributed by atoms with Gasteiger partial charge in [0.1, 0.15) is 18.0 Å². The van der Waals surface area contributed by atoms with Crippen molar-refractivity contribution in [2.45, 2.75) is 6.54 Å². The van der Waals surface area contributed by atoms with Crippen LogP contribution >= 0.6 is 15.9 Å². The quantitative estimate of drug-likeness (QED) is 0.313. The molecule has 0 saturated heterocycles. The average Bonchev–Trinajstić information content (AvgIpc) is 3.20. The summed E-state index contributed by atoms with van der Waals surface area (Å²) in [6.07, 6.45) is 3.67. The van der Waals surface area contributed by atoms with Crippen molar-refractivity contribution >= 4 is 32.8 Å². The average molecular weight is 473 g/mol. The number of hydrogen-bond donors (Lipinski definition) is 1. The number of benzene rings is 3. The van der Waals surface area contributed by atoms with Crippen molar-refractivity contribution in [3.8, 4) is 16.8 Å². The number of hydrogen-bond acceptors (Lipinski definition) is 3. The molecule has 31 heavy (non-hydrogen) atoms. The number of anilines is 1. The van der Waals surface area contributed by atoms with E-state index in [0.717, 1.165) is 43.7 Å². The Hall–Kier alpha value is -3.51. The largest absolute Gasteiger partial charge is 0.365 e. The zero-order valence-corrected chi connectivity index (χ0v) is 18.1. The standard InChI is InChI=1S/C25H18BrFN4/c26-19-8-12-21(13-9-19)31-15-22(18-4-2-1-3-5-18)23-24(29-16-30-25(23)31)28-14-17-6-10-20(27)11-7-17/h1-13,15-16H,14H2,(H,28,29,30). The zero-order valence-electron chi connectivity index (χ0n) is 16.5. The topological polar surface area (TPSA) is 42.7 Å². The highest BCUT2D eigenvalue weighted by molar-refractivity contribution is 9.10. The Morgan fingerprint density at radius 2 is 1.61 bits per heavy atom. The molecular weight excluding hydrogens is 455 g/mol. The van der Waals surface area contributed by atoms with Crippen LogP contribution in [-0.4, -0.2) is 14.5 Å². The van der Waals surface area contributed by atoms with Crippen molar-refractivity contribution in [2.24, 2.45) is 0 Å². The minimum Gasteiger partial charge on any atom is -0.365 e. The van der Waals surface area contributed by atoms with Gasteiger partial charge in [0.2, 0.25) is 0 Å². The molecule has 6 heteroatoms. The molecule has 0 saturated carbocycles. The Bertz CT molecular complexity index is 1330. The Balaban J connectivity index is 1.64. The second kappa shape index (κ2) is 8.32. The molecule has 2 heterocycles. The van der Waals surface area contributed by atoms with Gasteiger partial charge in [0, 0.05) is 28.5 Å². The molecule has 0 fully saturated rings. The summed E-state index contributed by atoms with van der Waals surface area (Å²) in [5, 5.41) is 4.36. The summed E-state index contributed by atoms with van der Waals surface area (Å²) >= 11 is 3.50. The van der Waals surface area contributed by atoms with Gasteiger partial charge >= 0.3 is 0 Å². The highest BCUT2D eigenvalue weighted by Gasteiger charge is 2.17. The van der Waals surface area contributed by atoms with E-state index in [-0.39, 0.29) is 5.82 Å². The first-order valence-corrected chi connectivity index (χ1v) is 10.6. The molecule has 1 N–H and O–H groups in total. The first kappa shape index (κ1) is 19.5. The number of nitrogens with zero attached hydrogens (tertiary/aromatic N) is 3.